The molecule has 8 heteroatoms. The number of thiophene rings is 1. The lowest BCUT2D eigenvalue weighted by Gasteiger charge is -2.22. The van der Waals surface area contributed by atoms with Gasteiger partial charge in [0.25, 0.3) is 5.91 Å². The Labute approximate surface area is 130 Å². The van der Waals surface area contributed by atoms with Gasteiger partial charge in [-0.25, -0.2) is 8.42 Å². The second-order valence-electron chi connectivity index (χ2n) is 4.54. The molecule has 1 rings (SSSR count). The van der Waals surface area contributed by atoms with Crippen LogP contribution in [-0.4, -0.2) is 40.2 Å². The fraction of sp³-hybridized carbons (Fsp3) is 0.615. The Bertz CT molecular complexity index is 608. The molecular formula is C13H23N3O3S2. The summed E-state index contributed by atoms with van der Waals surface area (Å²) in [6, 6.07) is 0. The fourth-order valence-electron chi connectivity index (χ4n) is 2.02. The number of anilines is 2. The van der Waals surface area contributed by atoms with E-state index < -0.39 is 9.84 Å². The molecule has 1 heterocycles. The van der Waals surface area contributed by atoms with Gasteiger partial charge in [-0.3, -0.25) is 4.79 Å². The minimum Gasteiger partial charge on any atom is -0.396 e. The van der Waals surface area contributed by atoms with Crippen LogP contribution < -0.4 is 16.0 Å². The van der Waals surface area contributed by atoms with Gasteiger partial charge in [0.05, 0.1) is 11.4 Å². The molecule has 0 aliphatic heterocycles. The molecule has 0 aliphatic rings. The fourth-order valence-corrected chi connectivity index (χ4v) is 4.87. The van der Waals surface area contributed by atoms with Gasteiger partial charge in [0.15, 0.2) is 9.84 Å². The molecular weight excluding hydrogens is 310 g/mol. The molecule has 0 unspecified atom stereocenters. The highest BCUT2D eigenvalue weighted by molar-refractivity contribution is 7.92. The average Bonchev–Trinajstić information content (AvgIpc) is 2.82. The maximum absolute atomic E-state index is 12.4. The van der Waals surface area contributed by atoms with Gasteiger partial charge in [0, 0.05) is 20.1 Å². The monoisotopic (exact) mass is 333 g/mol. The van der Waals surface area contributed by atoms with Crippen LogP contribution in [0, 0.1) is 0 Å². The van der Waals surface area contributed by atoms with Crippen LogP contribution in [0.25, 0.3) is 0 Å². The number of carbonyl (C=O) groups excluding carboxylic acids is 1. The summed E-state index contributed by atoms with van der Waals surface area (Å²) in [6.07, 6.45) is 0.882. The second kappa shape index (κ2) is 7.13. The third kappa shape index (κ3) is 3.49. The first-order valence-electron chi connectivity index (χ1n) is 6.95. The summed E-state index contributed by atoms with van der Waals surface area (Å²) in [5.74, 6) is -0.401. The maximum atomic E-state index is 12.4. The Hall–Kier alpha value is -1.28. The van der Waals surface area contributed by atoms with Crippen molar-refractivity contribution in [2.45, 2.75) is 32.1 Å². The van der Waals surface area contributed by atoms with E-state index in [1.807, 2.05) is 18.7 Å². The molecule has 0 atom stereocenters. The number of carbonyl (C=O) groups is 1. The number of sulfone groups is 1. The van der Waals surface area contributed by atoms with E-state index in [9.17, 15) is 13.2 Å². The molecule has 1 aromatic rings. The highest BCUT2D eigenvalue weighted by atomic mass is 32.2. The third-order valence-corrected chi connectivity index (χ3v) is 6.36. The van der Waals surface area contributed by atoms with Gasteiger partial charge in [-0.15, -0.1) is 11.3 Å². The molecule has 0 aliphatic carbocycles. The average molecular weight is 333 g/mol. The van der Waals surface area contributed by atoms with Gasteiger partial charge in [-0.2, -0.15) is 0 Å². The van der Waals surface area contributed by atoms with Crippen LogP contribution in [0.3, 0.4) is 0 Å². The smallest absolute Gasteiger partial charge is 0.263 e. The summed E-state index contributed by atoms with van der Waals surface area (Å²) in [7, 11) is -1.99. The minimum atomic E-state index is -3.49. The van der Waals surface area contributed by atoms with E-state index in [0.717, 1.165) is 24.3 Å². The van der Waals surface area contributed by atoms with Crippen molar-refractivity contribution in [3.63, 3.8) is 0 Å². The van der Waals surface area contributed by atoms with Crippen molar-refractivity contribution in [2.75, 3.05) is 36.5 Å². The van der Waals surface area contributed by atoms with Crippen LogP contribution in [0.5, 0.6) is 0 Å². The largest absolute Gasteiger partial charge is 0.396 e. The Morgan fingerprint density at radius 3 is 2.38 bits per heavy atom. The van der Waals surface area contributed by atoms with Crippen molar-refractivity contribution < 1.29 is 13.2 Å². The number of hydrogen-bond donors (Lipinski definition) is 2. The van der Waals surface area contributed by atoms with Crippen molar-refractivity contribution >= 4 is 37.8 Å². The Kier molecular flexibility index (Phi) is 6.03. The summed E-state index contributed by atoms with van der Waals surface area (Å²) in [5, 5.41) is 3.07. The first-order valence-corrected chi connectivity index (χ1v) is 9.42. The summed E-state index contributed by atoms with van der Waals surface area (Å²) in [4.78, 5) is 14.2. The third-order valence-electron chi connectivity index (χ3n) is 3.17. The standard InChI is InChI=1S/C13H23N3O3S2/c1-5-8-16(6-2)13-11(21(18,19)7-3)9(14)10(20-13)12(17)15-4/h5-8,14H2,1-4H3,(H,15,17). The van der Waals surface area contributed by atoms with E-state index in [-0.39, 0.29) is 27.1 Å². The molecule has 120 valence electrons. The Morgan fingerprint density at radius 2 is 1.95 bits per heavy atom. The molecule has 6 nitrogen and oxygen atoms in total. The first kappa shape index (κ1) is 17.8. The van der Waals surface area contributed by atoms with E-state index in [4.69, 9.17) is 5.73 Å². The van der Waals surface area contributed by atoms with Gasteiger partial charge >= 0.3 is 0 Å². The van der Waals surface area contributed by atoms with E-state index in [1.54, 1.807) is 6.92 Å². The number of nitrogen functional groups attached to an aromatic ring is 1. The summed E-state index contributed by atoms with van der Waals surface area (Å²) in [6.45, 7) is 6.93. The van der Waals surface area contributed by atoms with E-state index >= 15 is 0 Å². The molecule has 1 amide bonds. The predicted molar refractivity (Wildman–Crippen MR) is 88.0 cm³/mol. The van der Waals surface area contributed by atoms with Crippen molar-refractivity contribution in [3.8, 4) is 0 Å². The van der Waals surface area contributed by atoms with Gasteiger partial charge < -0.3 is 16.0 Å². The molecule has 0 fully saturated rings. The van der Waals surface area contributed by atoms with Crippen molar-refractivity contribution in [1.29, 1.82) is 0 Å². The lowest BCUT2D eigenvalue weighted by Crippen LogP contribution is -2.24. The Balaban J connectivity index is 3.58. The maximum Gasteiger partial charge on any atom is 0.263 e. The zero-order valence-corrected chi connectivity index (χ0v) is 14.5. The topological polar surface area (TPSA) is 92.5 Å². The number of nitrogens with two attached hydrogens (primary N) is 1. The lowest BCUT2D eigenvalue weighted by atomic mass is 10.3. The SMILES string of the molecule is CCCN(CC)c1sc(C(=O)NC)c(N)c1S(=O)(=O)CC. The van der Waals surface area contributed by atoms with Gasteiger partial charge in [-0.05, 0) is 13.3 Å². The number of rotatable bonds is 7. The van der Waals surface area contributed by atoms with Gasteiger partial charge in [0.1, 0.15) is 14.8 Å². The predicted octanol–water partition coefficient (Wildman–Crippen LogP) is 1.72. The van der Waals surface area contributed by atoms with E-state index in [2.05, 4.69) is 5.32 Å². The summed E-state index contributed by atoms with van der Waals surface area (Å²) >= 11 is 1.14. The molecule has 0 bridgehead atoms. The normalized spacial score (nSPS) is 11.4. The molecule has 0 saturated heterocycles. The molecule has 3 N–H and O–H groups in total. The molecule has 21 heavy (non-hydrogen) atoms. The highest BCUT2D eigenvalue weighted by Crippen LogP contribution is 2.42. The molecule has 0 radical (unpaired) electrons. The van der Waals surface area contributed by atoms with Crippen molar-refractivity contribution in [2.24, 2.45) is 0 Å². The van der Waals surface area contributed by atoms with Crippen LogP contribution >= 0.6 is 11.3 Å². The number of amides is 1. The minimum absolute atomic E-state index is 0.0439. The second-order valence-corrected chi connectivity index (χ2v) is 7.76. The summed E-state index contributed by atoms with van der Waals surface area (Å²) in [5.41, 5.74) is 6.04. The molecule has 0 spiro atoms. The van der Waals surface area contributed by atoms with Gasteiger partial charge in [0.2, 0.25) is 0 Å². The Morgan fingerprint density at radius 1 is 1.33 bits per heavy atom. The number of nitrogens with zero attached hydrogens (tertiary/aromatic N) is 1. The van der Waals surface area contributed by atoms with Crippen molar-refractivity contribution in [1.82, 2.24) is 5.32 Å². The van der Waals surface area contributed by atoms with Crippen molar-refractivity contribution in [3.05, 3.63) is 4.88 Å². The van der Waals surface area contributed by atoms with Crippen LogP contribution in [-0.2, 0) is 9.84 Å². The summed E-state index contributed by atoms with van der Waals surface area (Å²) < 4.78 is 24.7. The lowest BCUT2D eigenvalue weighted by molar-refractivity contribution is 0.0968. The molecule has 1 aromatic heterocycles. The van der Waals surface area contributed by atoms with Gasteiger partial charge in [-0.1, -0.05) is 13.8 Å². The molecule has 0 aromatic carbocycles. The zero-order valence-electron chi connectivity index (χ0n) is 12.9. The first-order chi connectivity index (χ1) is 9.83. The van der Waals surface area contributed by atoms with E-state index in [1.165, 1.54) is 7.05 Å². The number of hydrogen-bond acceptors (Lipinski definition) is 6. The van der Waals surface area contributed by atoms with Crippen LogP contribution in [0.15, 0.2) is 4.90 Å². The van der Waals surface area contributed by atoms with Crippen LogP contribution in [0.1, 0.15) is 36.9 Å². The van der Waals surface area contributed by atoms with Crippen LogP contribution in [0.2, 0.25) is 0 Å². The quantitative estimate of drug-likeness (QED) is 0.792. The molecule has 0 saturated carbocycles. The number of nitrogens with one attached hydrogen (secondary N) is 1. The zero-order chi connectivity index (χ0) is 16.2. The van der Waals surface area contributed by atoms with E-state index in [0.29, 0.717) is 11.5 Å². The van der Waals surface area contributed by atoms with Crippen LogP contribution in [0.4, 0.5) is 10.7 Å². The highest BCUT2D eigenvalue weighted by Gasteiger charge is 2.30.